The Morgan fingerprint density at radius 2 is 2.29 bits per heavy atom. The Morgan fingerprint density at radius 3 is 2.95 bits per heavy atom. The van der Waals surface area contributed by atoms with E-state index >= 15 is 0 Å². The molecule has 0 saturated carbocycles. The van der Waals surface area contributed by atoms with Gasteiger partial charge in [0.05, 0.1) is 17.2 Å². The number of aliphatic carboxylic acids is 1. The molecule has 1 fully saturated rings. The smallest absolute Gasteiger partial charge is 0.325 e. The van der Waals surface area contributed by atoms with Crippen LogP contribution >= 0.6 is 0 Å². The van der Waals surface area contributed by atoms with Crippen molar-refractivity contribution in [2.24, 2.45) is 5.92 Å². The quantitative estimate of drug-likeness (QED) is 0.784. The predicted octanol–water partition coefficient (Wildman–Crippen LogP) is -0.409. The van der Waals surface area contributed by atoms with E-state index in [0.717, 1.165) is 29.9 Å². The molecular weight excluding hydrogens is 294 g/mol. The number of hydrogen-bond donors (Lipinski definition) is 2. The zero-order valence-electron chi connectivity index (χ0n) is 11.7. The third kappa shape index (κ3) is 3.11. The molecule has 7 nitrogen and oxygen atoms in total. The molecular formula is C13H19N3O4S. The highest BCUT2D eigenvalue weighted by Gasteiger charge is 2.30. The first-order chi connectivity index (χ1) is 9.94. The van der Waals surface area contributed by atoms with Gasteiger partial charge in [-0.1, -0.05) is 0 Å². The number of carboxylic acids is 1. The number of carbonyl (C=O) groups is 1. The van der Waals surface area contributed by atoms with Gasteiger partial charge in [-0.15, -0.1) is 0 Å². The van der Waals surface area contributed by atoms with E-state index < -0.39 is 15.8 Å². The lowest BCUT2D eigenvalue weighted by Gasteiger charge is -2.15. The summed E-state index contributed by atoms with van der Waals surface area (Å²) in [5, 5.41) is 16.7. The lowest BCUT2D eigenvalue weighted by Crippen LogP contribution is -2.26. The molecule has 21 heavy (non-hydrogen) atoms. The van der Waals surface area contributed by atoms with E-state index in [0.29, 0.717) is 19.4 Å². The van der Waals surface area contributed by atoms with Crippen molar-refractivity contribution < 1.29 is 18.3 Å². The Hall–Kier alpha value is -1.41. The van der Waals surface area contributed by atoms with Crippen molar-refractivity contribution >= 4 is 15.8 Å². The van der Waals surface area contributed by atoms with Gasteiger partial charge in [0.15, 0.2) is 9.84 Å². The van der Waals surface area contributed by atoms with Crippen molar-refractivity contribution in [1.82, 2.24) is 15.1 Å². The standard InChI is InChI=1S/C13H19N3O4S/c17-13(18)7-16-12-1-3-14-6-10(12)11(15-16)5-9-2-4-21(19,20)8-9/h9,14H,1-8H2,(H,17,18). The molecule has 116 valence electrons. The summed E-state index contributed by atoms with van der Waals surface area (Å²) in [6.07, 6.45) is 2.06. The molecule has 0 spiro atoms. The van der Waals surface area contributed by atoms with Crippen molar-refractivity contribution in [3.8, 4) is 0 Å². The van der Waals surface area contributed by atoms with Crippen LogP contribution in [0.3, 0.4) is 0 Å². The van der Waals surface area contributed by atoms with Crippen LogP contribution in [-0.4, -0.2) is 47.3 Å². The predicted molar refractivity (Wildman–Crippen MR) is 75.7 cm³/mol. The zero-order chi connectivity index (χ0) is 15.0. The van der Waals surface area contributed by atoms with Gasteiger partial charge in [-0.05, 0) is 18.8 Å². The first kappa shape index (κ1) is 14.5. The summed E-state index contributed by atoms with van der Waals surface area (Å²) in [7, 11) is -2.89. The van der Waals surface area contributed by atoms with Crippen LogP contribution in [-0.2, 0) is 40.6 Å². The number of sulfone groups is 1. The van der Waals surface area contributed by atoms with Gasteiger partial charge in [0.2, 0.25) is 0 Å². The van der Waals surface area contributed by atoms with Gasteiger partial charge in [0.1, 0.15) is 6.54 Å². The Balaban J connectivity index is 1.85. The molecule has 3 heterocycles. The van der Waals surface area contributed by atoms with E-state index in [1.165, 1.54) is 0 Å². The Morgan fingerprint density at radius 1 is 1.48 bits per heavy atom. The molecule has 2 N–H and O–H groups in total. The Labute approximate surface area is 123 Å². The second-order valence-corrected chi connectivity index (χ2v) is 8.05. The third-order valence-corrected chi connectivity index (χ3v) is 6.02. The average Bonchev–Trinajstić information content (AvgIpc) is 2.91. The number of aromatic nitrogens is 2. The maximum atomic E-state index is 11.6. The average molecular weight is 313 g/mol. The largest absolute Gasteiger partial charge is 0.480 e. The van der Waals surface area contributed by atoms with Crippen molar-refractivity contribution in [1.29, 1.82) is 0 Å². The van der Waals surface area contributed by atoms with Gasteiger partial charge >= 0.3 is 5.97 Å². The molecule has 3 rings (SSSR count). The molecule has 1 aromatic heterocycles. The molecule has 0 bridgehead atoms. The van der Waals surface area contributed by atoms with E-state index in [4.69, 9.17) is 5.11 Å². The van der Waals surface area contributed by atoms with Gasteiger partial charge in [0, 0.05) is 30.8 Å². The van der Waals surface area contributed by atoms with Crippen LogP contribution in [0.15, 0.2) is 0 Å². The van der Waals surface area contributed by atoms with Crippen molar-refractivity contribution in [2.45, 2.75) is 32.4 Å². The molecule has 0 aliphatic carbocycles. The van der Waals surface area contributed by atoms with Gasteiger partial charge in [-0.2, -0.15) is 5.10 Å². The Kier molecular flexibility index (Phi) is 3.75. The lowest BCUT2D eigenvalue weighted by molar-refractivity contribution is -0.137. The topological polar surface area (TPSA) is 101 Å². The zero-order valence-corrected chi connectivity index (χ0v) is 12.5. The number of nitrogens with zero attached hydrogens (tertiary/aromatic N) is 2. The maximum absolute atomic E-state index is 11.6. The van der Waals surface area contributed by atoms with E-state index in [9.17, 15) is 13.2 Å². The number of fused-ring (bicyclic) bond motifs is 1. The fraction of sp³-hybridized carbons (Fsp3) is 0.692. The van der Waals surface area contributed by atoms with Crippen molar-refractivity contribution in [3.05, 3.63) is 17.0 Å². The minimum Gasteiger partial charge on any atom is -0.480 e. The van der Waals surface area contributed by atoms with Gasteiger partial charge < -0.3 is 10.4 Å². The van der Waals surface area contributed by atoms with E-state index in [-0.39, 0.29) is 24.0 Å². The van der Waals surface area contributed by atoms with E-state index in [2.05, 4.69) is 10.4 Å². The first-order valence-electron chi connectivity index (χ1n) is 7.15. The number of carboxylic acid groups (broad SMARTS) is 1. The van der Waals surface area contributed by atoms with Crippen LogP contribution in [0.5, 0.6) is 0 Å². The van der Waals surface area contributed by atoms with Crippen LogP contribution in [0.1, 0.15) is 23.4 Å². The second kappa shape index (κ2) is 5.42. The molecule has 1 atom stereocenters. The lowest BCUT2D eigenvalue weighted by atomic mass is 9.98. The third-order valence-electron chi connectivity index (χ3n) is 4.18. The first-order valence-corrected chi connectivity index (χ1v) is 8.97. The molecule has 1 saturated heterocycles. The normalized spacial score (nSPS) is 23.9. The maximum Gasteiger partial charge on any atom is 0.325 e. The molecule has 0 radical (unpaired) electrons. The summed E-state index contributed by atoms with van der Waals surface area (Å²) < 4.78 is 24.7. The molecule has 2 aliphatic rings. The van der Waals surface area contributed by atoms with Gasteiger partial charge in [0.25, 0.3) is 0 Å². The molecule has 0 aromatic carbocycles. The molecule has 0 amide bonds. The number of rotatable bonds is 4. The molecule has 2 aliphatic heterocycles. The van der Waals surface area contributed by atoms with Crippen LogP contribution in [0.2, 0.25) is 0 Å². The monoisotopic (exact) mass is 313 g/mol. The number of hydrogen-bond acceptors (Lipinski definition) is 5. The molecule has 8 heteroatoms. The van der Waals surface area contributed by atoms with Crippen molar-refractivity contribution in [3.63, 3.8) is 0 Å². The second-order valence-electron chi connectivity index (χ2n) is 5.82. The van der Waals surface area contributed by atoms with Crippen molar-refractivity contribution in [2.75, 3.05) is 18.1 Å². The van der Waals surface area contributed by atoms with Gasteiger partial charge in [-0.3, -0.25) is 9.48 Å². The van der Waals surface area contributed by atoms with Gasteiger partial charge in [-0.25, -0.2) is 8.42 Å². The minimum absolute atomic E-state index is 0.106. The van der Waals surface area contributed by atoms with Crippen LogP contribution < -0.4 is 5.32 Å². The van der Waals surface area contributed by atoms with E-state index in [1.807, 2.05) is 0 Å². The van der Waals surface area contributed by atoms with Crippen LogP contribution in [0.25, 0.3) is 0 Å². The highest BCUT2D eigenvalue weighted by Crippen LogP contribution is 2.26. The van der Waals surface area contributed by atoms with Crippen LogP contribution in [0, 0.1) is 5.92 Å². The summed E-state index contributed by atoms with van der Waals surface area (Å²) in [6.45, 7) is 1.37. The number of nitrogens with one attached hydrogen (secondary N) is 1. The summed E-state index contributed by atoms with van der Waals surface area (Å²) in [4.78, 5) is 10.9. The SMILES string of the molecule is O=C(O)Cn1nc(CC2CCS(=O)(=O)C2)c2c1CCNC2. The minimum atomic E-state index is -2.89. The van der Waals surface area contributed by atoms with Crippen LogP contribution in [0.4, 0.5) is 0 Å². The molecule has 1 unspecified atom stereocenters. The summed E-state index contributed by atoms with van der Waals surface area (Å²) in [6, 6.07) is 0. The summed E-state index contributed by atoms with van der Waals surface area (Å²) in [5.74, 6) is -0.322. The fourth-order valence-electron chi connectivity index (χ4n) is 3.22. The fourth-order valence-corrected chi connectivity index (χ4v) is 5.08. The summed E-state index contributed by atoms with van der Waals surface area (Å²) in [5.41, 5.74) is 2.90. The highest BCUT2D eigenvalue weighted by molar-refractivity contribution is 7.91. The summed E-state index contributed by atoms with van der Waals surface area (Å²) >= 11 is 0. The highest BCUT2D eigenvalue weighted by atomic mass is 32.2. The van der Waals surface area contributed by atoms with E-state index in [1.54, 1.807) is 4.68 Å². The Bertz CT molecular complexity index is 665. The molecule has 1 aromatic rings.